The number of carbonyl (C=O) groups excluding carboxylic acids is 1. The number of methoxy groups -OCH3 is 1. The Morgan fingerprint density at radius 3 is 2.95 bits per heavy atom. The molecule has 0 bridgehead atoms. The van der Waals surface area contributed by atoms with E-state index < -0.39 is 0 Å². The highest BCUT2D eigenvalue weighted by atomic mass is 16.5. The average molecular weight is 291 g/mol. The number of ether oxygens (including phenoxy) is 1. The van der Waals surface area contributed by atoms with Gasteiger partial charge >= 0.3 is 0 Å². The maximum Gasteiger partial charge on any atom is 0.238 e. The first-order valence-electron chi connectivity index (χ1n) is 7.54. The molecule has 0 saturated carbocycles. The number of hydrogen-bond donors (Lipinski definition) is 2. The molecule has 1 heterocycles. The van der Waals surface area contributed by atoms with Gasteiger partial charge in [0, 0.05) is 6.07 Å². The highest BCUT2D eigenvalue weighted by Gasteiger charge is 2.16. The minimum atomic E-state index is -0.0126. The molecule has 1 aliphatic rings. The summed E-state index contributed by atoms with van der Waals surface area (Å²) >= 11 is 0. The van der Waals surface area contributed by atoms with Crippen LogP contribution in [-0.4, -0.2) is 37.6 Å². The third-order valence-corrected chi connectivity index (χ3v) is 4.01. The number of carbonyl (C=O) groups is 1. The summed E-state index contributed by atoms with van der Waals surface area (Å²) in [6.07, 6.45) is 3.58. The first-order valence-corrected chi connectivity index (χ1v) is 7.54. The summed E-state index contributed by atoms with van der Waals surface area (Å²) in [5.74, 6) is 1.43. The van der Waals surface area contributed by atoms with Gasteiger partial charge in [0.1, 0.15) is 5.75 Å². The third kappa shape index (κ3) is 4.63. The van der Waals surface area contributed by atoms with Gasteiger partial charge in [0.2, 0.25) is 5.91 Å². The number of rotatable bonds is 4. The summed E-state index contributed by atoms with van der Waals surface area (Å²) in [6.45, 7) is 4.70. The second-order valence-electron chi connectivity index (χ2n) is 5.81. The summed E-state index contributed by atoms with van der Waals surface area (Å²) in [6, 6.07) is 5.28. The van der Waals surface area contributed by atoms with Gasteiger partial charge in [0.05, 0.1) is 25.0 Å². The van der Waals surface area contributed by atoms with Gasteiger partial charge in [-0.2, -0.15) is 0 Å². The molecule has 1 aromatic rings. The lowest BCUT2D eigenvalue weighted by Gasteiger charge is -2.19. The Morgan fingerprint density at radius 1 is 1.43 bits per heavy atom. The number of nitrogens with two attached hydrogens (primary N) is 1. The highest BCUT2D eigenvalue weighted by Crippen LogP contribution is 2.24. The minimum absolute atomic E-state index is 0.0126. The van der Waals surface area contributed by atoms with Gasteiger partial charge < -0.3 is 15.8 Å². The van der Waals surface area contributed by atoms with Crippen molar-refractivity contribution in [2.75, 3.05) is 37.8 Å². The molecule has 0 spiro atoms. The van der Waals surface area contributed by atoms with E-state index in [1.54, 1.807) is 25.3 Å². The Labute approximate surface area is 126 Å². The third-order valence-electron chi connectivity index (χ3n) is 4.01. The quantitative estimate of drug-likeness (QED) is 0.836. The lowest BCUT2D eigenvalue weighted by atomic mass is 10.0. The first kappa shape index (κ1) is 15.6. The fourth-order valence-corrected chi connectivity index (χ4v) is 2.66. The number of nitrogen functional groups attached to an aromatic ring is 1. The van der Waals surface area contributed by atoms with Crippen LogP contribution in [0.5, 0.6) is 5.75 Å². The van der Waals surface area contributed by atoms with Crippen LogP contribution in [0.15, 0.2) is 18.2 Å². The van der Waals surface area contributed by atoms with Crippen molar-refractivity contribution in [3.05, 3.63) is 18.2 Å². The van der Waals surface area contributed by atoms with Gasteiger partial charge in [-0.1, -0.05) is 6.92 Å². The van der Waals surface area contributed by atoms with E-state index in [0.29, 0.717) is 23.7 Å². The van der Waals surface area contributed by atoms with Gasteiger partial charge in [-0.05, 0) is 50.4 Å². The van der Waals surface area contributed by atoms with Crippen LogP contribution < -0.4 is 15.8 Å². The van der Waals surface area contributed by atoms with E-state index >= 15 is 0 Å². The smallest absolute Gasteiger partial charge is 0.238 e. The Balaban J connectivity index is 1.89. The number of benzene rings is 1. The second kappa shape index (κ2) is 7.31. The Hall–Kier alpha value is -1.75. The summed E-state index contributed by atoms with van der Waals surface area (Å²) < 4.78 is 5.10. The van der Waals surface area contributed by atoms with E-state index in [-0.39, 0.29) is 5.91 Å². The summed E-state index contributed by atoms with van der Waals surface area (Å²) in [5, 5.41) is 2.88. The first-order chi connectivity index (χ1) is 10.1. The zero-order chi connectivity index (χ0) is 15.2. The predicted octanol–water partition coefficient (Wildman–Crippen LogP) is 2.34. The molecule has 1 aromatic carbocycles. The summed E-state index contributed by atoms with van der Waals surface area (Å²) in [7, 11) is 1.59. The second-order valence-corrected chi connectivity index (χ2v) is 5.81. The molecule has 1 unspecified atom stereocenters. The summed E-state index contributed by atoms with van der Waals surface area (Å²) in [5.41, 5.74) is 7.08. The van der Waals surface area contributed by atoms with E-state index in [9.17, 15) is 4.79 Å². The molecule has 1 amide bonds. The minimum Gasteiger partial charge on any atom is -0.497 e. The monoisotopic (exact) mass is 291 g/mol. The molecule has 3 N–H and O–H groups in total. The fourth-order valence-electron chi connectivity index (χ4n) is 2.66. The van der Waals surface area contributed by atoms with Crippen LogP contribution in [0.2, 0.25) is 0 Å². The molecular formula is C16H25N3O2. The average Bonchev–Trinajstić information content (AvgIpc) is 2.66. The number of nitrogens with one attached hydrogen (secondary N) is 1. The van der Waals surface area contributed by atoms with E-state index in [1.807, 2.05) is 0 Å². The molecule has 0 radical (unpaired) electrons. The van der Waals surface area contributed by atoms with Crippen molar-refractivity contribution in [3.63, 3.8) is 0 Å². The van der Waals surface area contributed by atoms with Crippen LogP contribution in [0, 0.1) is 5.92 Å². The number of amides is 1. The topological polar surface area (TPSA) is 67.6 Å². The molecule has 116 valence electrons. The Morgan fingerprint density at radius 2 is 2.24 bits per heavy atom. The normalized spacial score (nSPS) is 19.8. The fraction of sp³-hybridized carbons (Fsp3) is 0.562. The number of nitrogens with zero attached hydrogens (tertiary/aromatic N) is 1. The van der Waals surface area contributed by atoms with E-state index in [4.69, 9.17) is 10.5 Å². The van der Waals surface area contributed by atoms with Crippen LogP contribution in [0.3, 0.4) is 0 Å². The maximum absolute atomic E-state index is 12.1. The number of anilines is 2. The van der Waals surface area contributed by atoms with Crippen LogP contribution in [0.25, 0.3) is 0 Å². The number of likely N-dealkylation sites (tertiary alicyclic amines) is 1. The molecule has 1 saturated heterocycles. The van der Waals surface area contributed by atoms with Crippen molar-refractivity contribution in [2.24, 2.45) is 5.92 Å². The SMILES string of the molecule is COc1ccc(NC(=O)CN2CCCC(C)CC2)c(N)c1. The molecule has 5 nitrogen and oxygen atoms in total. The standard InChI is InChI=1S/C16H25N3O2/c1-12-4-3-8-19(9-7-12)11-16(20)18-15-6-5-13(21-2)10-14(15)17/h5-6,10,12H,3-4,7-9,11,17H2,1-2H3,(H,18,20). The van der Waals surface area contributed by atoms with Crippen LogP contribution in [-0.2, 0) is 4.79 Å². The van der Waals surface area contributed by atoms with E-state index in [2.05, 4.69) is 17.1 Å². The Kier molecular flexibility index (Phi) is 5.44. The van der Waals surface area contributed by atoms with E-state index in [0.717, 1.165) is 25.4 Å². The van der Waals surface area contributed by atoms with Crippen molar-refractivity contribution in [2.45, 2.75) is 26.2 Å². The molecular weight excluding hydrogens is 266 g/mol. The molecule has 0 aromatic heterocycles. The molecule has 2 rings (SSSR count). The van der Waals surface area contributed by atoms with Gasteiger partial charge in [-0.15, -0.1) is 0 Å². The van der Waals surface area contributed by atoms with E-state index in [1.165, 1.54) is 12.8 Å². The van der Waals surface area contributed by atoms with Crippen LogP contribution >= 0.6 is 0 Å². The van der Waals surface area contributed by atoms with Crippen molar-refractivity contribution < 1.29 is 9.53 Å². The molecule has 1 atom stereocenters. The van der Waals surface area contributed by atoms with Crippen LogP contribution in [0.4, 0.5) is 11.4 Å². The predicted molar refractivity (Wildman–Crippen MR) is 85.5 cm³/mol. The van der Waals surface area contributed by atoms with Crippen molar-refractivity contribution >= 4 is 17.3 Å². The molecule has 1 fully saturated rings. The lowest BCUT2D eigenvalue weighted by molar-refractivity contribution is -0.117. The molecule has 5 heteroatoms. The zero-order valence-corrected chi connectivity index (χ0v) is 12.9. The van der Waals surface area contributed by atoms with Gasteiger partial charge in [0.25, 0.3) is 0 Å². The van der Waals surface area contributed by atoms with Crippen molar-refractivity contribution in [3.8, 4) is 5.75 Å². The lowest BCUT2D eigenvalue weighted by Crippen LogP contribution is -2.34. The Bertz CT molecular complexity index is 490. The largest absolute Gasteiger partial charge is 0.497 e. The summed E-state index contributed by atoms with van der Waals surface area (Å²) in [4.78, 5) is 14.4. The van der Waals surface area contributed by atoms with Gasteiger partial charge in [-0.3, -0.25) is 9.69 Å². The number of hydrogen-bond acceptors (Lipinski definition) is 4. The molecule has 1 aliphatic heterocycles. The molecule has 21 heavy (non-hydrogen) atoms. The van der Waals surface area contributed by atoms with Gasteiger partial charge in [-0.25, -0.2) is 0 Å². The van der Waals surface area contributed by atoms with Gasteiger partial charge in [0.15, 0.2) is 0 Å². The zero-order valence-electron chi connectivity index (χ0n) is 12.9. The molecule has 0 aliphatic carbocycles. The maximum atomic E-state index is 12.1. The van der Waals surface area contributed by atoms with Crippen molar-refractivity contribution in [1.29, 1.82) is 0 Å². The highest BCUT2D eigenvalue weighted by molar-refractivity contribution is 5.95. The van der Waals surface area contributed by atoms with Crippen LogP contribution in [0.1, 0.15) is 26.2 Å². The van der Waals surface area contributed by atoms with Crippen molar-refractivity contribution in [1.82, 2.24) is 4.90 Å².